The zero-order valence-electron chi connectivity index (χ0n) is 16.6. The molecule has 0 unspecified atom stereocenters. The van der Waals surface area contributed by atoms with Gasteiger partial charge in [-0.1, -0.05) is 12.1 Å². The molecule has 2 aromatic heterocycles. The van der Waals surface area contributed by atoms with E-state index in [1.54, 1.807) is 12.4 Å². The molecule has 0 spiro atoms. The maximum absolute atomic E-state index is 13.0. The molecule has 0 radical (unpaired) electrons. The summed E-state index contributed by atoms with van der Waals surface area (Å²) in [6.07, 6.45) is 3.47. The van der Waals surface area contributed by atoms with E-state index in [1.165, 1.54) is 0 Å². The van der Waals surface area contributed by atoms with Crippen molar-refractivity contribution in [3.63, 3.8) is 0 Å². The number of nitrogens with zero attached hydrogens (tertiary/aromatic N) is 5. The molecular weight excluding hydrogens is 368 g/mol. The molecule has 4 rings (SSSR count). The number of ether oxygens (including phenoxy) is 1. The predicted molar refractivity (Wildman–Crippen MR) is 110 cm³/mol. The van der Waals surface area contributed by atoms with E-state index in [2.05, 4.69) is 25.4 Å². The van der Waals surface area contributed by atoms with Gasteiger partial charge in [0.05, 0.1) is 12.2 Å². The molecule has 8 heteroatoms. The number of hydrogen-bond donors (Lipinski definition) is 1. The van der Waals surface area contributed by atoms with Gasteiger partial charge in [0.25, 0.3) is 5.91 Å². The van der Waals surface area contributed by atoms with E-state index in [4.69, 9.17) is 4.74 Å². The largest absolute Gasteiger partial charge is 0.493 e. The van der Waals surface area contributed by atoms with Crippen LogP contribution in [0.15, 0.2) is 42.7 Å². The fourth-order valence-electron chi connectivity index (χ4n) is 3.34. The van der Waals surface area contributed by atoms with Crippen molar-refractivity contribution in [2.75, 3.05) is 26.0 Å². The first-order valence-electron chi connectivity index (χ1n) is 9.67. The number of fused-ring (bicyclic) bond motifs is 5. The van der Waals surface area contributed by atoms with Gasteiger partial charge in [-0.3, -0.25) is 4.79 Å². The van der Waals surface area contributed by atoms with Gasteiger partial charge in [0.15, 0.2) is 5.82 Å². The minimum Gasteiger partial charge on any atom is -0.493 e. The summed E-state index contributed by atoms with van der Waals surface area (Å²) in [7, 11) is 3.99. The van der Waals surface area contributed by atoms with E-state index in [0.717, 1.165) is 31.5 Å². The molecule has 29 heavy (non-hydrogen) atoms. The van der Waals surface area contributed by atoms with Gasteiger partial charge in [0, 0.05) is 13.1 Å². The third-order valence-electron chi connectivity index (χ3n) is 4.67. The third-order valence-corrected chi connectivity index (χ3v) is 4.67. The quantitative estimate of drug-likeness (QED) is 0.722. The van der Waals surface area contributed by atoms with Crippen LogP contribution < -0.4 is 10.1 Å². The van der Waals surface area contributed by atoms with Gasteiger partial charge in [-0.05, 0) is 56.8 Å². The highest BCUT2D eigenvalue weighted by molar-refractivity contribution is 6.06. The van der Waals surface area contributed by atoms with Crippen LogP contribution >= 0.6 is 0 Å². The number of amides is 1. The second-order valence-corrected chi connectivity index (χ2v) is 7.33. The highest BCUT2D eigenvalue weighted by Crippen LogP contribution is 2.24. The summed E-state index contributed by atoms with van der Waals surface area (Å²) in [4.78, 5) is 19.7. The van der Waals surface area contributed by atoms with Gasteiger partial charge >= 0.3 is 0 Å². The van der Waals surface area contributed by atoms with Crippen LogP contribution in [-0.4, -0.2) is 51.3 Å². The van der Waals surface area contributed by atoms with E-state index in [-0.39, 0.29) is 5.91 Å². The predicted octanol–water partition coefficient (Wildman–Crippen LogP) is 2.83. The Morgan fingerprint density at radius 1 is 1.21 bits per heavy atom. The Hall–Kier alpha value is -3.26. The van der Waals surface area contributed by atoms with Gasteiger partial charge in [0.2, 0.25) is 0 Å². The molecule has 1 aromatic carbocycles. The van der Waals surface area contributed by atoms with Crippen molar-refractivity contribution in [3.8, 4) is 17.3 Å². The molecule has 1 N–H and O–H groups in total. The summed E-state index contributed by atoms with van der Waals surface area (Å²) in [5.74, 6) is 1.49. The Kier molecular flexibility index (Phi) is 5.53. The summed E-state index contributed by atoms with van der Waals surface area (Å²) >= 11 is 0. The van der Waals surface area contributed by atoms with E-state index < -0.39 is 0 Å². The lowest BCUT2D eigenvalue weighted by atomic mass is 10.1. The number of carbonyl (C=O) groups is 1. The van der Waals surface area contributed by atoms with Crippen LogP contribution in [0.4, 0.5) is 5.82 Å². The van der Waals surface area contributed by atoms with Gasteiger partial charge < -0.3 is 19.5 Å². The van der Waals surface area contributed by atoms with Crippen LogP contribution in [0.5, 0.6) is 5.75 Å². The third kappa shape index (κ3) is 4.43. The fourth-order valence-corrected chi connectivity index (χ4v) is 3.34. The van der Waals surface area contributed by atoms with Crippen molar-refractivity contribution < 1.29 is 9.53 Å². The Balaban J connectivity index is 1.71. The van der Waals surface area contributed by atoms with Crippen molar-refractivity contribution in [2.24, 2.45) is 0 Å². The van der Waals surface area contributed by atoms with Gasteiger partial charge in [-0.2, -0.15) is 0 Å². The van der Waals surface area contributed by atoms with Crippen molar-refractivity contribution >= 4 is 11.7 Å². The number of aryl methyl sites for hydroxylation is 1. The zero-order chi connectivity index (χ0) is 20.2. The number of anilines is 1. The maximum atomic E-state index is 13.0. The normalized spacial score (nSPS) is 14.4. The number of hydrogen-bond acceptors (Lipinski definition) is 6. The molecule has 0 saturated heterocycles. The average Bonchev–Trinajstić information content (AvgIpc) is 3.16. The lowest BCUT2D eigenvalue weighted by molar-refractivity contribution is 0.102. The summed E-state index contributed by atoms with van der Waals surface area (Å²) in [5.41, 5.74) is 2.23. The fraction of sp³-hybridized carbons (Fsp3) is 0.333. The summed E-state index contributed by atoms with van der Waals surface area (Å²) in [6.45, 7) is 2.05. The number of benzene rings is 1. The average molecular weight is 392 g/mol. The number of nitrogens with one attached hydrogen (secondary N) is 1. The molecule has 3 heterocycles. The Morgan fingerprint density at radius 2 is 2.10 bits per heavy atom. The molecule has 2 bridgehead atoms. The molecule has 3 aromatic rings. The number of carbonyl (C=O) groups excluding carboxylic acids is 1. The summed E-state index contributed by atoms with van der Waals surface area (Å²) in [5, 5.41) is 11.1. The molecule has 0 atom stereocenters. The monoisotopic (exact) mass is 392 g/mol. The van der Waals surface area contributed by atoms with Crippen LogP contribution in [0.25, 0.3) is 11.5 Å². The first kappa shape index (κ1) is 19.1. The lowest BCUT2D eigenvalue weighted by Crippen LogP contribution is -2.17. The molecule has 0 saturated carbocycles. The first-order chi connectivity index (χ1) is 14.1. The van der Waals surface area contributed by atoms with E-state index in [9.17, 15) is 4.79 Å². The van der Waals surface area contributed by atoms with Crippen LogP contribution in [0.3, 0.4) is 0 Å². The van der Waals surface area contributed by atoms with Crippen molar-refractivity contribution in [2.45, 2.75) is 25.9 Å². The van der Waals surface area contributed by atoms with E-state index >= 15 is 0 Å². The van der Waals surface area contributed by atoms with Crippen LogP contribution in [0.2, 0.25) is 0 Å². The second kappa shape index (κ2) is 8.40. The highest BCUT2D eigenvalue weighted by atomic mass is 16.5. The van der Waals surface area contributed by atoms with Crippen LogP contribution in [0.1, 0.15) is 28.8 Å². The standard InChI is InChI=1S/C21H24N6O2/c1-26(2)13-15-8-9-18-16(12-15)21(28)24-19-7-5-6-17(23-19)20-25-22-14-27(20)10-3-4-11-29-18/h5-9,12,14H,3-4,10-11,13H2,1-2H3,(H,23,24,28). The molecule has 8 nitrogen and oxygen atoms in total. The van der Waals surface area contributed by atoms with Crippen molar-refractivity contribution in [1.29, 1.82) is 0 Å². The van der Waals surface area contributed by atoms with E-state index in [1.807, 2.05) is 49.0 Å². The van der Waals surface area contributed by atoms with Gasteiger partial charge in [0.1, 0.15) is 23.6 Å². The Bertz CT molecular complexity index is 1010. The van der Waals surface area contributed by atoms with Crippen LogP contribution in [0, 0.1) is 0 Å². The molecule has 0 aliphatic carbocycles. The zero-order valence-corrected chi connectivity index (χ0v) is 16.6. The number of pyridine rings is 1. The lowest BCUT2D eigenvalue weighted by Gasteiger charge is -2.16. The molecule has 150 valence electrons. The van der Waals surface area contributed by atoms with Crippen molar-refractivity contribution in [1.82, 2.24) is 24.6 Å². The van der Waals surface area contributed by atoms with E-state index in [0.29, 0.717) is 35.3 Å². The molecule has 1 aliphatic heterocycles. The molecular formula is C21H24N6O2. The first-order valence-corrected chi connectivity index (χ1v) is 9.67. The highest BCUT2D eigenvalue weighted by Gasteiger charge is 2.17. The molecule has 0 fully saturated rings. The summed E-state index contributed by atoms with van der Waals surface area (Å²) < 4.78 is 7.93. The van der Waals surface area contributed by atoms with Crippen molar-refractivity contribution in [3.05, 3.63) is 53.9 Å². The van der Waals surface area contributed by atoms with Gasteiger partial charge in [-0.15, -0.1) is 10.2 Å². The second-order valence-electron chi connectivity index (χ2n) is 7.33. The number of aromatic nitrogens is 4. The maximum Gasteiger partial charge on any atom is 0.260 e. The molecule has 1 aliphatic rings. The SMILES string of the molecule is CN(C)Cc1ccc2c(c1)C(=O)Nc1cccc(n1)-c1nncn1CCCCO2. The Labute approximate surface area is 169 Å². The minimum atomic E-state index is -0.246. The molecule has 1 amide bonds. The summed E-state index contributed by atoms with van der Waals surface area (Å²) in [6, 6.07) is 11.2. The van der Waals surface area contributed by atoms with Crippen LogP contribution in [-0.2, 0) is 13.1 Å². The Morgan fingerprint density at radius 3 is 2.97 bits per heavy atom. The number of rotatable bonds is 2. The topological polar surface area (TPSA) is 85.2 Å². The minimum absolute atomic E-state index is 0.246. The smallest absolute Gasteiger partial charge is 0.260 e. The van der Waals surface area contributed by atoms with Gasteiger partial charge in [-0.25, -0.2) is 4.98 Å².